The van der Waals surface area contributed by atoms with E-state index in [1.807, 2.05) is 24.8 Å². The summed E-state index contributed by atoms with van der Waals surface area (Å²) in [6, 6.07) is 6.37. The van der Waals surface area contributed by atoms with Gasteiger partial charge < -0.3 is 10.2 Å². The van der Waals surface area contributed by atoms with Gasteiger partial charge in [0.15, 0.2) is 0 Å². The molecule has 1 aromatic carbocycles. The van der Waals surface area contributed by atoms with E-state index < -0.39 is 0 Å². The molecule has 0 spiro atoms. The zero-order valence-corrected chi connectivity index (χ0v) is 15.3. The average molecular weight is 331 g/mol. The van der Waals surface area contributed by atoms with Crippen LogP contribution in [0.2, 0.25) is 0 Å². The number of benzene rings is 1. The lowest BCUT2D eigenvalue weighted by molar-refractivity contribution is -0.132. The van der Waals surface area contributed by atoms with E-state index in [9.17, 15) is 9.59 Å². The number of rotatable bonds is 5. The number of carbonyl (C=O) groups excluding carboxylic acids is 2. The van der Waals surface area contributed by atoms with Crippen LogP contribution in [0.3, 0.4) is 0 Å². The zero-order chi connectivity index (χ0) is 17.7. The second-order valence-corrected chi connectivity index (χ2v) is 6.97. The Kier molecular flexibility index (Phi) is 6.37. The molecule has 1 N–H and O–H groups in total. The molecule has 0 bridgehead atoms. The molecule has 2 rings (SSSR count). The van der Waals surface area contributed by atoms with Crippen LogP contribution >= 0.6 is 0 Å². The molecule has 5 nitrogen and oxygen atoms in total. The van der Waals surface area contributed by atoms with Crippen molar-refractivity contribution in [2.24, 2.45) is 0 Å². The number of amides is 2. The van der Waals surface area contributed by atoms with Crippen LogP contribution < -0.4 is 5.32 Å². The predicted molar refractivity (Wildman–Crippen MR) is 95.9 cm³/mol. The lowest BCUT2D eigenvalue weighted by atomic mass is 10.0. The van der Waals surface area contributed by atoms with Gasteiger partial charge in [0.1, 0.15) is 0 Å². The fraction of sp³-hybridized carbons (Fsp3) is 0.579. The zero-order valence-electron chi connectivity index (χ0n) is 15.3. The van der Waals surface area contributed by atoms with Gasteiger partial charge in [-0.2, -0.15) is 0 Å². The van der Waals surface area contributed by atoms with Crippen molar-refractivity contribution in [1.82, 2.24) is 15.1 Å². The normalized spacial score (nSPS) is 15.6. The second kappa shape index (κ2) is 8.29. The average Bonchev–Trinajstić information content (AvgIpc) is 2.50. The van der Waals surface area contributed by atoms with E-state index >= 15 is 0 Å². The van der Waals surface area contributed by atoms with E-state index in [0.717, 1.165) is 18.7 Å². The molecule has 0 aliphatic carbocycles. The first-order chi connectivity index (χ1) is 11.3. The summed E-state index contributed by atoms with van der Waals surface area (Å²) < 4.78 is 0. The van der Waals surface area contributed by atoms with Crippen LogP contribution in [-0.2, 0) is 16.0 Å². The molecule has 1 saturated heterocycles. The molecule has 1 aromatic rings. The number of nitrogens with one attached hydrogen (secondary N) is 1. The Morgan fingerprint density at radius 3 is 2.33 bits per heavy atom. The van der Waals surface area contributed by atoms with Gasteiger partial charge in [0.25, 0.3) is 0 Å². The van der Waals surface area contributed by atoms with Gasteiger partial charge in [0.05, 0.1) is 13.0 Å². The quantitative estimate of drug-likeness (QED) is 0.890. The summed E-state index contributed by atoms with van der Waals surface area (Å²) in [5, 5.41) is 2.91. The standard InChI is InChI=1S/C19H29N3O2/c1-14(2)20-18(23)13-21-7-9-22(10-8-21)19(24)12-17-6-5-15(3)16(4)11-17/h5-6,11,14H,7-10,12-13H2,1-4H3,(H,20,23). The predicted octanol–water partition coefficient (Wildman–Crippen LogP) is 1.51. The summed E-state index contributed by atoms with van der Waals surface area (Å²) in [5.41, 5.74) is 3.54. The molecular formula is C19H29N3O2. The van der Waals surface area contributed by atoms with E-state index in [0.29, 0.717) is 26.1 Å². The van der Waals surface area contributed by atoms with E-state index in [2.05, 4.69) is 36.2 Å². The van der Waals surface area contributed by atoms with Crippen molar-refractivity contribution in [3.05, 3.63) is 34.9 Å². The minimum Gasteiger partial charge on any atom is -0.353 e. The van der Waals surface area contributed by atoms with Gasteiger partial charge in [-0.3, -0.25) is 14.5 Å². The van der Waals surface area contributed by atoms with E-state index in [1.54, 1.807) is 0 Å². The maximum atomic E-state index is 12.5. The minimum atomic E-state index is 0.0555. The van der Waals surface area contributed by atoms with Crippen molar-refractivity contribution in [1.29, 1.82) is 0 Å². The van der Waals surface area contributed by atoms with Crippen molar-refractivity contribution in [2.75, 3.05) is 32.7 Å². The van der Waals surface area contributed by atoms with Crippen LogP contribution in [0.4, 0.5) is 0 Å². The summed E-state index contributed by atoms with van der Waals surface area (Å²) in [6.45, 7) is 11.4. The SMILES string of the molecule is Cc1ccc(CC(=O)N2CCN(CC(=O)NC(C)C)CC2)cc1C. The molecule has 132 valence electrons. The molecule has 1 aliphatic rings. The second-order valence-electron chi connectivity index (χ2n) is 6.97. The van der Waals surface area contributed by atoms with Crippen LogP contribution in [-0.4, -0.2) is 60.4 Å². The largest absolute Gasteiger partial charge is 0.353 e. The van der Waals surface area contributed by atoms with Gasteiger partial charge in [0.2, 0.25) is 11.8 Å². The number of hydrogen-bond acceptors (Lipinski definition) is 3. The highest BCUT2D eigenvalue weighted by molar-refractivity contribution is 5.79. The molecule has 5 heteroatoms. The molecule has 0 saturated carbocycles. The lowest BCUT2D eigenvalue weighted by Gasteiger charge is -2.34. The third-order valence-corrected chi connectivity index (χ3v) is 4.47. The van der Waals surface area contributed by atoms with Crippen LogP contribution in [0, 0.1) is 13.8 Å². The van der Waals surface area contributed by atoms with Crippen LogP contribution in [0.25, 0.3) is 0 Å². The summed E-state index contributed by atoms with van der Waals surface area (Å²) in [6.07, 6.45) is 0.453. The van der Waals surface area contributed by atoms with Gasteiger partial charge in [-0.1, -0.05) is 18.2 Å². The first-order valence-corrected chi connectivity index (χ1v) is 8.71. The molecule has 0 atom stereocenters. The molecule has 1 aliphatic heterocycles. The van der Waals surface area contributed by atoms with Crippen LogP contribution in [0.15, 0.2) is 18.2 Å². The molecule has 24 heavy (non-hydrogen) atoms. The number of hydrogen-bond donors (Lipinski definition) is 1. The van der Waals surface area contributed by atoms with Gasteiger partial charge in [-0.05, 0) is 44.4 Å². The van der Waals surface area contributed by atoms with Crippen LogP contribution in [0.5, 0.6) is 0 Å². The maximum absolute atomic E-state index is 12.5. The first kappa shape index (κ1) is 18.5. The number of piperazine rings is 1. The Bertz CT molecular complexity index is 590. The molecule has 0 radical (unpaired) electrons. The summed E-state index contributed by atoms with van der Waals surface area (Å²) >= 11 is 0. The Balaban J connectivity index is 1.80. The molecule has 1 fully saturated rings. The lowest BCUT2D eigenvalue weighted by Crippen LogP contribution is -2.51. The van der Waals surface area contributed by atoms with E-state index in [1.165, 1.54) is 11.1 Å². The molecule has 2 amide bonds. The monoisotopic (exact) mass is 331 g/mol. The molecule has 0 unspecified atom stereocenters. The fourth-order valence-electron chi connectivity index (χ4n) is 2.93. The van der Waals surface area contributed by atoms with Gasteiger partial charge in [0, 0.05) is 32.2 Å². The van der Waals surface area contributed by atoms with Crippen molar-refractivity contribution in [3.8, 4) is 0 Å². The van der Waals surface area contributed by atoms with Gasteiger partial charge >= 0.3 is 0 Å². The van der Waals surface area contributed by atoms with Crippen molar-refractivity contribution < 1.29 is 9.59 Å². The van der Waals surface area contributed by atoms with Crippen LogP contribution in [0.1, 0.15) is 30.5 Å². The van der Waals surface area contributed by atoms with Crippen molar-refractivity contribution >= 4 is 11.8 Å². The van der Waals surface area contributed by atoms with E-state index in [-0.39, 0.29) is 17.9 Å². The third-order valence-electron chi connectivity index (χ3n) is 4.47. The highest BCUT2D eigenvalue weighted by atomic mass is 16.2. The Hall–Kier alpha value is -1.88. The number of nitrogens with zero attached hydrogens (tertiary/aromatic N) is 2. The minimum absolute atomic E-state index is 0.0555. The Morgan fingerprint density at radius 2 is 1.75 bits per heavy atom. The number of carbonyl (C=O) groups is 2. The highest BCUT2D eigenvalue weighted by Crippen LogP contribution is 2.12. The topological polar surface area (TPSA) is 52.7 Å². The van der Waals surface area contributed by atoms with E-state index in [4.69, 9.17) is 0 Å². The summed E-state index contributed by atoms with van der Waals surface area (Å²) in [5.74, 6) is 0.226. The Labute approximate surface area is 145 Å². The molecular weight excluding hydrogens is 302 g/mol. The third kappa shape index (κ3) is 5.34. The van der Waals surface area contributed by atoms with Crippen molar-refractivity contribution in [3.63, 3.8) is 0 Å². The van der Waals surface area contributed by atoms with Gasteiger partial charge in [-0.15, -0.1) is 0 Å². The maximum Gasteiger partial charge on any atom is 0.234 e. The first-order valence-electron chi connectivity index (χ1n) is 8.71. The highest BCUT2D eigenvalue weighted by Gasteiger charge is 2.22. The number of aryl methyl sites for hydroxylation is 2. The smallest absolute Gasteiger partial charge is 0.234 e. The Morgan fingerprint density at radius 1 is 1.08 bits per heavy atom. The molecule has 1 heterocycles. The summed E-state index contributed by atoms with van der Waals surface area (Å²) in [4.78, 5) is 28.3. The van der Waals surface area contributed by atoms with Crippen molar-refractivity contribution in [2.45, 2.75) is 40.2 Å². The summed E-state index contributed by atoms with van der Waals surface area (Å²) in [7, 11) is 0. The fourth-order valence-corrected chi connectivity index (χ4v) is 2.93. The van der Waals surface area contributed by atoms with Gasteiger partial charge in [-0.25, -0.2) is 0 Å². The molecule has 0 aromatic heterocycles.